The predicted molar refractivity (Wildman–Crippen MR) is 115 cm³/mol. The van der Waals surface area contributed by atoms with Gasteiger partial charge in [0.15, 0.2) is 0 Å². The second-order valence-corrected chi connectivity index (χ2v) is 10.9. The molecule has 1 saturated heterocycles. The Kier molecular flexibility index (Phi) is 6.27. The van der Waals surface area contributed by atoms with E-state index in [1.165, 1.54) is 21.3 Å². The number of hydrogen-bond acceptors (Lipinski definition) is 5. The van der Waals surface area contributed by atoms with Gasteiger partial charge in [-0.3, -0.25) is 9.69 Å². The minimum atomic E-state index is -3.56. The van der Waals surface area contributed by atoms with Crippen molar-refractivity contribution in [3.8, 4) is 0 Å². The van der Waals surface area contributed by atoms with Crippen LogP contribution in [0.4, 0.5) is 0 Å². The Hall–Kier alpha value is -1.45. The van der Waals surface area contributed by atoms with Crippen LogP contribution in [0.5, 0.6) is 0 Å². The topological polar surface area (TPSA) is 60.9 Å². The fourth-order valence-corrected chi connectivity index (χ4v) is 5.84. The van der Waals surface area contributed by atoms with Crippen molar-refractivity contribution in [2.24, 2.45) is 0 Å². The van der Waals surface area contributed by atoms with Crippen molar-refractivity contribution in [1.82, 2.24) is 14.1 Å². The Bertz CT molecular complexity index is 936. The lowest BCUT2D eigenvalue weighted by Gasteiger charge is -2.35. The van der Waals surface area contributed by atoms with Gasteiger partial charge in [0.05, 0.1) is 11.4 Å². The molecule has 0 N–H and O–H groups in total. The first-order chi connectivity index (χ1) is 13.9. The fraction of sp³-hybridized carbons (Fsp3) is 0.450. The average molecular weight is 454 g/mol. The molecule has 1 aliphatic heterocycles. The van der Waals surface area contributed by atoms with Crippen LogP contribution in [0.3, 0.4) is 0 Å². The van der Waals surface area contributed by atoms with Crippen molar-refractivity contribution in [2.45, 2.75) is 30.3 Å². The molecule has 156 valence electrons. The summed E-state index contributed by atoms with van der Waals surface area (Å²) in [6, 6.07) is 10.8. The minimum Gasteiger partial charge on any atom is -0.339 e. The van der Waals surface area contributed by atoms with Crippen molar-refractivity contribution in [3.05, 3.63) is 51.7 Å². The van der Waals surface area contributed by atoms with E-state index in [0.717, 1.165) is 19.4 Å². The number of benzene rings is 1. The molecule has 29 heavy (non-hydrogen) atoms. The molecular formula is C20H24ClN3O3S2. The molecular weight excluding hydrogens is 430 g/mol. The summed E-state index contributed by atoms with van der Waals surface area (Å²) in [6.45, 7) is 2.66. The Balaban J connectivity index is 1.34. The van der Waals surface area contributed by atoms with E-state index >= 15 is 0 Å². The Morgan fingerprint density at radius 3 is 2.38 bits per heavy atom. The van der Waals surface area contributed by atoms with E-state index in [2.05, 4.69) is 16.3 Å². The monoisotopic (exact) mass is 453 g/mol. The highest BCUT2D eigenvalue weighted by atomic mass is 35.5. The summed E-state index contributed by atoms with van der Waals surface area (Å²) in [5.41, 5.74) is 0. The first-order valence-corrected chi connectivity index (χ1v) is 12.4. The van der Waals surface area contributed by atoms with E-state index < -0.39 is 10.0 Å². The molecule has 1 amide bonds. The zero-order chi connectivity index (χ0) is 20.4. The summed E-state index contributed by atoms with van der Waals surface area (Å²) in [7, 11) is -3.56. The first-order valence-electron chi connectivity index (χ1n) is 9.73. The zero-order valence-electron chi connectivity index (χ0n) is 16.0. The Labute approximate surface area is 180 Å². The average Bonchev–Trinajstić information content (AvgIpc) is 3.45. The van der Waals surface area contributed by atoms with E-state index in [1.807, 2.05) is 6.07 Å². The van der Waals surface area contributed by atoms with Crippen molar-refractivity contribution in [3.63, 3.8) is 0 Å². The van der Waals surface area contributed by atoms with Gasteiger partial charge in [-0.1, -0.05) is 17.7 Å². The van der Waals surface area contributed by atoms with Crippen LogP contribution in [-0.4, -0.2) is 67.2 Å². The quantitative estimate of drug-likeness (QED) is 0.646. The Morgan fingerprint density at radius 2 is 1.79 bits per heavy atom. The summed E-state index contributed by atoms with van der Waals surface area (Å²) < 4.78 is 27.0. The number of carbonyl (C=O) groups is 1. The van der Waals surface area contributed by atoms with Crippen LogP contribution in [0.2, 0.25) is 5.02 Å². The minimum absolute atomic E-state index is 0.0806. The zero-order valence-corrected chi connectivity index (χ0v) is 18.4. The molecule has 9 heteroatoms. The number of sulfonamides is 1. The highest BCUT2D eigenvalue weighted by molar-refractivity contribution is 7.89. The lowest BCUT2D eigenvalue weighted by atomic mass is 10.3. The molecule has 2 aromatic rings. The van der Waals surface area contributed by atoms with Gasteiger partial charge >= 0.3 is 0 Å². The van der Waals surface area contributed by atoms with Gasteiger partial charge < -0.3 is 4.90 Å². The lowest BCUT2D eigenvalue weighted by Crippen LogP contribution is -2.52. The molecule has 6 nitrogen and oxygen atoms in total. The normalized spacial score (nSPS) is 18.3. The van der Waals surface area contributed by atoms with Crippen molar-refractivity contribution in [1.29, 1.82) is 0 Å². The molecule has 1 saturated carbocycles. The number of amides is 1. The third-order valence-electron chi connectivity index (χ3n) is 5.38. The van der Waals surface area contributed by atoms with Gasteiger partial charge in [0, 0.05) is 48.7 Å². The van der Waals surface area contributed by atoms with Crippen molar-refractivity contribution < 1.29 is 13.2 Å². The number of carbonyl (C=O) groups excluding carboxylic acids is 1. The standard InChI is InChI=1S/C20H24ClN3O3S2/c21-16-3-7-19(8-4-16)29(26,27)24-11-9-22(10-12-24)20(25)15-23(17-5-6-17)14-18-2-1-13-28-18/h1-4,7-8,13,17H,5-6,9-12,14-15H2. The second-order valence-electron chi connectivity index (χ2n) is 7.45. The maximum atomic E-state index is 12.8. The van der Waals surface area contributed by atoms with Gasteiger partial charge in [0.1, 0.15) is 0 Å². The lowest BCUT2D eigenvalue weighted by molar-refractivity contribution is -0.133. The maximum Gasteiger partial charge on any atom is 0.243 e. The number of nitrogens with zero attached hydrogens (tertiary/aromatic N) is 3. The summed E-state index contributed by atoms with van der Waals surface area (Å²) in [4.78, 5) is 18.4. The van der Waals surface area contributed by atoms with Gasteiger partial charge in [0.25, 0.3) is 0 Å². The van der Waals surface area contributed by atoms with Crippen LogP contribution in [0.15, 0.2) is 46.7 Å². The van der Waals surface area contributed by atoms with E-state index in [4.69, 9.17) is 11.6 Å². The number of thiophene rings is 1. The molecule has 1 aromatic carbocycles. The van der Waals surface area contributed by atoms with E-state index in [1.54, 1.807) is 28.4 Å². The van der Waals surface area contributed by atoms with Crippen LogP contribution in [0.1, 0.15) is 17.7 Å². The number of halogens is 1. The third kappa shape index (κ3) is 5.00. The van der Waals surface area contributed by atoms with E-state index in [-0.39, 0.29) is 10.8 Å². The molecule has 2 fully saturated rings. The molecule has 2 heterocycles. The molecule has 0 atom stereocenters. The summed E-state index contributed by atoms with van der Waals surface area (Å²) in [6.07, 6.45) is 2.29. The van der Waals surface area contributed by atoms with Gasteiger partial charge in [-0.2, -0.15) is 4.31 Å². The molecule has 1 aliphatic carbocycles. The maximum absolute atomic E-state index is 12.8. The second kappa shape index (κ2) is 8.73. The van der Waals surface area contributed by atoms with E-state index in [0.29, 0.717) is 43.8 Å². The van der Waals surface area contributed by atoms with Crippen molar-refractivity contribution in [2.75, 3.05) is 32.7 Å². The van der Waals surface area contributed by atoms with Gasteiger partial charge in [0.2, 0.25) is 15.9 Å². The molecule has 0 unspecified atom stereocenters. The summed E-state index contributed by atoms with van der Waals surface area (Å²) in [5, 5.41) is 2.56. The van der Waals surface area contributed by atoms with Gasteiger partial charge in [-0.05, 0) is 48.6 Å². The summed E-state index contributed by atoms with van der Waals surface area (Å²) in [5.74, 6) is 0.0806. The first kappa shape index (κ1) is 20.8. The number of hydrogen-bond donors (Lipinski definition) is 0. The highest BCUT2D eigenvalue weighted by Crippen LogP contribution is 2.29. The van der Waals surface area contributed by atoms with Gasteiger partial charge in [-0.15, -0.1) is 11.3 Å². The van der Waals surface area contributed by atoms with Crippen LogP contribution in [0, 0.1) is 0 Å². The smallest absolute Gasteiger partial charge is 0.243 e. The molecule has 1 aromatic heterocycles. The third-order valence-corrected chi connectivity index (χ3v) is 8.41. The highest BCUT2D eigenvalue weighted by Gasteiger charge is 2.34. The predicted octanol–water partition coefficient (Wildman–Crippen LogP) is 2.90. The molecule has 2 aliphatic rings. The SMILES string of the molecule is O=C(CN(Cc1cccs1)C1CC1)N1CCN(S(=O)(=O)c2ccc(Cl)cc2)CC1. The van der Waals surface area contributed by atoms with Crippen LogP contribution in [-0.2, 0) is 21.4 Å². The molecule has 0 spiro atoms. The van der Waals surface area contributed by atoms with Gasteiger partial charge in [-0.25, -0.2) is 8.42 Å². The summed E-state index contributed by atoms with van der Waals surface area (Å²) >= 11 is 7.57. The molecule has 4 rings (SSSR count). The Morgan fingerprint density at radius 1 is 1.10 bits per heavy atom. The molecule has 0 bridgehead atoms. The molecule has 0 radical (unpaired) electrons. The van der Waals surface area contributed by atoms with Crippen LogP contribution < -0.4 is 0 Å². The van der Waals surface area contributed by atoms with Crippen molar-refractivity contribution >= 4 is 38.9 Å². The van der Waals surface area contributed by atoms with Crippen LogP contribution >= 0.6 is 22.9 Å². The fourth-order valence-electron chi connectivity index (χ4n) is 3.56. The van der Waals surface area contributed by atoms with Crippen LogP contribution in [0.25, 0.3) is 0 Å². The number of rotatable bonds is 7. The number of piperazine rings is 1. The van der Waals surface area contributed by atoms with E-state index in [9.17, 15) is 13.2 Å². The largest absolute Gasteiger partial charge is 0.339 e.